The predicted molar refractivity (Wildman–Crippen MR) is 120 cm³/mol. The van der Waals surface area contributed by atoms with Gasteiger partial charge in [-0.05, 0) is 55.1 Å². The van der Waals surface area contributed by atoms with Crippen LogP contribution in [0.5, 0.6) is 0 Å². The van der Waals surface area contributed by atoms with Crippen molar-refractivity contribution in [1.29, 1.82) is 0 Å². The first-order valence-electron chi connectivity index (χ1n) is 10.1. The summed E-state index contributed by atoms with van der Waals surface area (Å²) in [7, 11) is 0. The molecular weight excluding hydrogens is 446 g/mol. The Morgan fingerprint density at radius 2 is 2.00 bits per heavy atom. The van der Waals surface area contributed by atoms with Gasteiger partial charge in [-0.25, -0.2) is 9.78 Å². The molecule has 8 heteroatoms. The Hall–Kier alpha value is -2.61. The molecule has 1 fully saturated rings. The fourth-order valence-electron chi connectivity index (χ4n) is 3.80. The van der Waals surface area contributed by atoms with Crippen LogP contribution in [0.1, 0.15) is 45.2 Å². The van der Waals surface area contributed by atoms with Crippen molar-refractivity contribution in [1.82, 2.24) is 19.5 Å². The lowest BCUT2D eigenvalue weighted by Gasteiger charge is -2.34. The molecule has 1 aromatic carbocycles. The summed E-state index contributed by atoms with van der Waals surface area (Å²) in [6.45, 7) is 6.87. The molecule has 1 unspecified atom stereocenters. The summed E-state index contributed by atoms with van der Waals surface area (Å²) in [5.41, 5.74) is 9.41. The summed E-state index contributed by atoms with van der Waals surface area (Å²) in [4.78, 5) is 19.3. The van der Waals surface area contributed by atoms with Crippen molar-refractivity contribution in [2.45, 2.75) is 45.1 Å². The molecule has 2 aromatic heterocycles. The fourth-order valence-corrected chi connectivity index (χ4v) is 4.38. The van der Waals surface area contributed by atoms with Gasteiger partial charge in [-0.3, -0.25) is 0 Å². The minimum Gasteiger partial charge on any atom is -0.444 e. The maximum absolute atomic E-state index is 12.6. The number of nitrogens with zero attached hydrogens (tertiary/aromatic N) is 4. The number of fused-ring (bicyclic) bond motifs is 1. The third kappa shape index (κ3) is 4.01. The second kappa shape index (κ2) is 7.91. The second-order valence-corrected chi connectivity index (χ2v) is 9.41. The molecule has 1 saturated heterocycles. The van der Waals surface area contributed by atoms with Crippen LogP contribution >= 0.6 is 15.9 Å². The maximum atomic E-state index is 12.6. The molecule has 7 nitrogen and oxygen atoms in total. The average molecular weight is 472 g/mol. The summed E-state index contributed by atoms with van der Waals surface area (Å²) >= 11 is 3.63. The van der Waals surface area contributed by atoms with E-state index in [2.05, 4.69) is 21.0 Å². The third-order valence-electron chi connectivity index (χ3n) is 5.19. The first-order chi connectivity index (χ1) is 14.2. The molecule has 4 rings (SSSR count). The van der Waals surface area contributed by atoms with Gasteiger partial charge < -0.3 is 15.4 Å². The lowest BCUT2D eigenvalue weighted by Crippen LogP contribution is -2.42. The van der Waals surface area contributed by atoms with E-state index < -0.39 is 5.60 Å². The lowest BCUT2D eigenvalue weighted by molar-refractivity contribution is 0.0197. The summed E-state index contributed by atoms with van der Waals surface area (Å²) in [6.07, 6.45) is 3.31. The highest BCUT2D eigenvalue weighted by molar-refractivity contribution is 9.10. The van der Waals surface area contributed by atoms with E-state index in [0.29, 0.717) is 24.6 Å². The van der Waals surface area contributed by atoms with E-state index >= 15 is 0 Å². The summed E-state index contributed by atoms with van der Waals surface area (Å²) in [6, 6.07) is 10.0. The number of benzene rings is 1. The van der Waals surface area contributed by atoms with Gasteiger partial charge in [-0.2, -0.15) is 9.61 Å². The van der Waals surface area contributed by atoms with Crippen LogP contribution in [0.15, 0.2) is 41.0 Å². The van der Waals surface area contributed by atoms with Crippen molar-refractivity contribution in [3.63, 3.8) is 0 Å². The number of piperidine rings is 1. The number of carbonyl (C=O) groups is 1. The van der Waals surface area contributed by atoms with Gasteiger partial charge in [-0.1, -0.05) is 30.3 Å². The van der Waals surface area contributed by atoms with Crippen LogP contribution < -0.4 is 5.73 Å². The number of nitrogen functional groups attached to an aromatic ring is 1. The van der Waals surface area contributed by atoms with E-state index in [1.165, 1.54) is 0 Å². The van der Waals surface area contributed by atoms with Gasteiger partial charge in [0, 0.05) is 24.6 Å². The molecule has 0 spiro atoms. The number of carbonyl (C=O) groups excluding carboxylic acids is 1. The van der Waals surface area contributed by atoms with Gasteiger partial charge in [0.25, 0.3) is 0 Å². The molecule has 1 amide bonds. The van der Waals surface area contributed by atoms with Crippen LogP contribution in [0, 0.1) is 0 Å². The number of nitrogens with two attached hydrogens (primary N) is 1. The molecule has 1 atom stereocenters. The molecule has 1 aliphatic rings. The molecular formula is C22H26BrN5O2. The van der Waals surface area contributed by atoms with Crippen molar-refractivity contribution in [3.8, 4) is 11.1 Å². The highest BCUT2D eigenvalue weighted by Gasteiger charge is 2.31. The van der Waals surface area contributed by atoms with Crippen molar-refractivity contribution in [3.05, 3.63) is 46.7 Å². The van der Waals surface area contributed by atoms with Crippen LogP contribution in [-0.4, -0.2) is 44.3 Å². The number of halogens is 1. The van der Waals surface area contributed by atoms with E-state index in [1.54, 1.807) is 15.6 Å². The quantitative estimate of drug-likeness (QED) is 0.576. The SMILES string of the molecule is CC(C)(C)OC(=O)N1CCCC(c2nc3c(-c4ccccc4)cnn3c(N)c2Br)C1. The molecule has 0 radical (unpaired) electrons. The number of rotatable bonds is 2. The van der Waals surface area contributed by atoms with Crippen molar-refractivity contribution < 1.29 is 9.53 Å². The van der Waals surface area contributed by atoms with E-state index in [0.717, 1.165) is 34.1 Å². The maximum Gasteiger partial charge on any atom is 0.410 e. The molecule has 1 aliphatic heterocycles. The monoisotopic (exact) mass is 471 g/mol. The Labute approximate surface area is 184 Å². The first kappa shape index (κ1) is 20.7. The first-order valence-corrected chi connectivity index (χ1v) is 10.9. The van der Waals surface area contributed by atoms with E-state index in [9.17, 15) is 4.79 Å². The summed E-state index contributed by atoms with van der Waals surface area (Å²) < 4.78 is 7.95. The van der Waals surface area contributed by atoms with E-state index in [1.807, 2.05) is 51.1 Å². The molecule has 158 valence electrons. The molecule has 3 aromatic rings. The zero-order valence-corrected chi connectivity index (χ0v) is 19.0. The van der Waals surface area contributed by atoms with Gasteiger partial charge in [0.2, 0.25) is 0 Å². The number of likely N-dealkylation sites (tertiary alicyclic amines) is 1. The molecule has 3 heterocycles. The zero-order valence-electron chi connectivity index (χ0n) is 17.4. The average Bonchev–Trinajstić information content (AvgIpc) is 3.14. The fraction of sp³-hybridized carbons (Fsp3) is 0.409. The minimum absolute atomic E-state index is 0.0615. The number of amides is 1. The van der Waals surface area contributed by atoms with Crippen molar-refractivity contribution >= 4 is 33.5 Å². The molecule has 30 heavy (non-hydrogen) atoms. The number of ether oxygens (including phenoxy) is 1. The van der Waals surface area contributed by atoms with E-state index in [-0.39, 0.29) is 12.0 Å². The van der Waals surface area contributed by atoms with Crippen LogP contribution in [-0.2, 0) is 4.74 Å². The normalized spacial score (nSPS) is 17.3. The topological polar surface area (TPSA) is 85.8 Å². The van der Waals surface area contributed by atoms with Crippen LogP contribution in [0.4, 0.5) is 10.6 Å². The number of hydrogen-bond donors (Lipinski definition) is 1. The Bertz CT molecular complexity index is 1070. The van der Waals surface area contributed by atoms with Crippen LogP contribution in [0.2, 0.25) is 0 Å². The highest BCUT2D eigenvalue weighted by Crippen LogP contribution is 2.36. The van der Waals surface area contributed by atoms with Crippen molar-refractivity contribution in [2.24, 2.45) is 0 Å². The molecule has 0 bridgehead atoms. The predicted octanol–water partition coefficient (Wildman–Crippen LogP) is 4.86. The largest absolute Gasteiger partial charge is 0.444 e. The van der Waals surface area contributed by atoms with Gasteiger partial charge in [0.1, 0.15) is 11.4 Å². The number of anilines is 1. The molecule has 0 aliphatic carbocycles. The Morgan fingerprint density at radius 3 is 2.70 bits per heavy atom. The molecule has 2 N–H and O–H groups in total. The Kier molecular flexibility index (Phi) is 5.44. The highest BCUT2D eigenvalue weighted by atomic mass is 79.9. The smallest absolute Gasteiger partial charge is 0.410 e. The zero-order chi connectivity index (χ0) is 21.5. The van der Waals surface area contributed by atoms with Crippen LogP contribution in [0.3, 0.4) is 0 Å². The summed E-state index contributed by atoms with van der Waals surface area (Å²) in [5.74, 6) is 0.568. The van der Waals surface area contributed by atoms with Crippen LogP contribution in [0.25, 0.3) is 16.8 Å². The second-order valence-electron chi connectivity index (χ2n) is 8.62. The Balaban J connectivity index is 1.70. The molecule has 0 saturated carbocycles. The van der Waals surface area contributed by atoms with Gasteiger partial charge in [0.15, 0.2) is 5.65 Å². The summed E-state index contributed by atoms with van der Waals surface area (Å²) in [5, 5.41) is 4.44. The van der Waals surface area contributed by atoms with Crippen molar-refractivity contribution in [2.75, 3.05) is 18.8 Å². The number of hydrogen-bond acceptors (Lipinski definition) is 5. The van der Waals surface area contributed by atoms with Gasteiger partial charge >= 0.3 is 6.09 Å². The van der Waals surface area contributed by atoms with Gasteiger partial charge in [0.05, 0.1) is 16.4 Å². The minimum atomic E-state index is -0.519. The number of aromatic nitrogens is 3. The Morgan fingerprint density at radius 1 is 1.27 bits per heavy atom. The van der Waals surface area contributed by atoms with E-state index in [4.69, 9.17) is 15.5 Å². The standard InChI is InChI=1S/C22H26BrN5O2/c1-22(2,3)30-21(29)27-11-7-10-15(13-27)18-17(23)19(24)28-20(26-18)16(12-25-28)14-8-5-4-6-9-14/h4-6,8-9,12,15H,7,10-11,13,24H2,1-3H3. The van der Waals surface area contributed by atoms with Gasteiger partial charge in [-0.15, -0.1) is 0 Å². The third-order valence-corrected chi connectivity index (χ3v) is 6.01. The lowest BCUT2D eigenvalue weighted by atomic mass is 9.94.